The van der Waals surface area contributed by atoms with Crippen molar-refractivity contribution in [3.63, 3.8) is 0 Å². The van der Waals surface area contributed by atoms with E-state index in [9.17, 15) is 26.4 Å². The minimum absolute atomic E-state index is 0.533. The second kappa shape index (κ2) is 4.20. The summed E-state index contributed by atoms with van der Waals surface area (Å²) < 4.78 is 58.6. The summed E-state index contributed by atoms with van der Waals surface area (Å²) >= 11 is 0. The lowest BCUT2D eigenvalue weighted by Crippen LogP contribution is -2.30. The molecule has 0 unspecified atom stereocenters. The van der Waals surface area contributed by atoms with Crippen molar-refractivity contribution in [1.29, 1.82) is 0 Å². The first-order valence-corrected chi connectivity index (χ1v) is 5.40. The van der Waals surface area contributed by atoms with E-state index in [1.807, 2.05) is 0 Å². The fraction of sp³-hybridized carbons (Fsp3) is 0.143. The molecule has 6 nitrogen and oxygen atoms in total. The average Bonchev–Trinajstić information content (AvgIpc) is 2.15. The van der Waals surface area contributed by atoms with Crippen LogP contribution in [-0.4, -0.2) is 30.0 Å². The number of hydrogen-bond donors (Lipinski definition) is 2. The molecule has 1 aromatic heterocycles. The van der Waals surface area contributed by atoms with E-state index in [4.69, 9.17) is 5.11 Å². The number of nitrogens with zero attached hydrogens (tertiary/aromatic N) is 1. The van der Waals surface area contributed by atoms with Gasteiger partial charge in [0.1, 0.15) is 5.69 Å². The summed E-state index contributed by atoms with van der Waals surface area (Å²) in [5.41, 5.74) is -6.58. The maximum atomic E-state index is 12.0. The van der Waals surface area contributed by atoms with Gasteiger partial charge in [-0.25, -0.2) is 9.78 Å². The zero-order chi connectivity index (χ0) is 13.3. The van der Waals surface area contributed by atoms with Gasteiger partial charge in [0.15, 0.2) is 0 Å². The molecule has 0 fully saturated rings. The highest BCUT2D eigenvalue weighted by atomic mass is 32.2. The molecule has 94 valence electrons. The Labute approximate surface area is 93.1 Å². The lowest BCUT2D eigenvalue weighted by atomic mass is 10.3. The van der Waals surface area contributed by atoms with E-state index >= 15 is 0 Å². The highest BCUT2D eigenvalue weighted by molar-refractivity contribution is 7.93. The third-order valence-corrected chi connectivity index (χ3v) is 2.65. The molecule has 0 aliphatic rings. The molecule has 10 heteroatoms. The van der Waals surface area contributed by atoms with Gasteiger partial charge < -0.3 is 5.11 Å². The molecule has 1 aromatic rings. The van der Waals surface area contributed by atoms with Gasteiger partial charge in [-0.05, 0) is 12.1 Å². The smallest absolute Gasteiger partial charge is 0.477 e. The molecule has 0 saturated carbocycles. The number of sulfonamides is 1. The van der Waals surface area contributed by atoms with Gasteiger partial charge in [-0.15, -0.1) is 0 Å². The van der Waals surface area contributed by atoms with Gasteiger partial charge >= 0.3 is 21.5 Å². The van der Waals surface area contributed by atoms with Crippen molar-refractivity contribution >= 4 is 21.7 Å². The van der Waals surface area contributed by atoms with Crippen LogP contribution >= 0.6 is 0 Å². The second-order valence-electron chi connectivity index (χ2n) is 2.79. The quantitative estimate of drug-likeness (QED) is 0.855. The number of carboxylic acids is 1. The van der Waals surface area contributed by atoms with Crippen molar-refractivity contribution in [1.82, 2.24) is 4.98 Å². The van der Waals surface area contributed by atoms with Crippen LogP contribution in [0.5, 0.6) is 0 Å². The van der Waals surface area contributed by atoms with Gasteiger partial charge in [0.05, 0.1) is 5.69 Å². The number of alkyl halides is 3. The zero-order valence-electron chi connectivity index (χ0n) is 7.89. The summed E-state index contributed by atoms with van der Waals surface area (Å²) in [6.07, 6.45) is 0.873. The van der Waals surface area contributed by atoms with Crippen molar-refractivity contribution in [3.8, 4) is 0 Å². The largest absolute Gasteiger partial charge is 0.516 e. The topological polar surface area (TPSA) is 96.4 Å². The van der Waals surface area contributed by atoms with E-state index in [1.165, 1.54) is 4.72 Å². The van der Waals surface area contributed by atoms with Crippen molar-refractivity contribution in [3.05, 3.63) is 24.0 Å². The number of carboxylic acid groups (broad SMARTS) is 1. The summed E-state index contributed by atoms with van der Waals surface area (Å²) in [5, 5.41) is 8.51. The summed E-state index contributed by atoms with van der Waals surface area (Å²) in [6, 6.07) is 1.57. The minimum atomic E-state index is -5.56. The lowest BCUT2D eigenvalue weighted by Gasteiger charge is -2.10. The molecule has 0 aliphatic heterocycles. The lowest BCUT2D eigenvalue weighted by molar-refractivity contribution is -0.0429. The van der Waals surface area contributed by atoms with E-state index in [0.29, 0.717) is 6.07 Å². The number of anilines is 1. The first kappa shape index (κ1) is 13.2. The molecule has 0 aliphatic carbocycles. The molecule has 2 N–H and O–H groups in total. The summed E-state index contributed by atoms with van der Waals surface area (Å²) in [7, 11) is -5.56. The number of carbonyl (C=O) groups is 1. The second-order valence-corrected chi connectivity index (χ2v) is 4.46. The third-order valence-electron chi connectivity index (χ3n) is 1.54. The number of aromatic nitrogens is 1. The highest BCUT2D eigenvalue weighted by Gasteiger charge is 2.46. The van der Waals surface area contributed by atoms with Crippen LogP contribution in [0.4, 0.5) is 18.9 Å². The maximum absolute atomic E-state index is 12.0. The van der Waals surface area contributed by atoms with Crippen molar-refractivity contribution in [2.45, 2.75) is 5.51 Å². The van der Waals surface area contributed by atoms with E-state index in [-0.39, 0.29) is 0 Å². The fourth-order valence-corrected chi connectivity index (χ4v) is 1.38. The van der Waals surface area contributed by atoms with E-state index in [2.05, 4.69) is 4.98 Å². The first-order chi connectivity index (χ1) is 7.63. The summed E-state index contributed by atoms with van der Waals surface area (Å²) in [5.74, 6) is -1.49. The number of pyridine rings is 1. The van der Waals surface area contributed by atoms with Crippen LogP contribution < -0.4 is 4.72 Å². The molecule has 0 bridgehead atoms. The Balaban J connectivity index is 3.05. The number of rotatable bonds is 3. The van der Waals surface area contributed by atoms with E-state index in [1.54, 1.807) is 0 Å². The molecule has 0 radical (unpaired) electrons. The Kier molecular flexibility index (Phi) is 3.27. The van der Waals surface area contributed by atoms with Crippen LogP contribution in [-0.2, 0) is 10.0 Å². The zero-order valence-corrected chi connectivity index (χ0v) is 8.71. The SMILES string of the molecule is O=C(O)c1cc(NS(=O)(=O)C(F)(F)F)ccn1. The van der Waals surface area contributed by atoms with E-state index < -0.39 is 32.9 Å². The van der Waals surface area contributed by atoms with Crippen LogP contribution in [0.1, 0.15) is 10.5 Å². The molecule has 0 atom stereocenters. The average molecular weight is 270 g/mol. The highest BCUT2D eigenvalue weighted by Crippen LogP contribution is 2.25. The molecule has 0 amide bonds. The minimum Gasteiger partial charge on any atom is -0.477 e. The van der Waals surface area contributed by atoms with Crippen LogP contribution in [0.3, 0.4) is 0 Å². The predicted molar refractivity (Wildman–Crippen MR) is 49.8 cm³/mol. The molecule has 0 aromatic carbocycles. The number of aromatic carboxylic acids is 1. The van der Waals surface area contributed by atoms with Crippen LogP contribution in [0.15, 0.2) is 18.3 Å². The Morgan fingerprint density at radius 1 is 1.41 bits per heavy atom. The van der Waals surface area contributed by atoms with Gasteiger partial charge in [0.25, 0.3) is 0 Å². The molecule has 0 spiro atoms. The molecule has 1 rings (SSSR count). The van der Waals surface area contributed by atoms with Gasteiger partial charge in [0, 0.05) is 6.20 Å². The molecule has 0 saturated heterocycles. The summed E-state index contributed by atoms with van der Waals surface area (Å²) in [4.78, 5) is 13.8. The normalized spacial score (nSPS) is 12.2. The Morgan fingerprint density at radius 2 is 2.00 bits per heavy atom. The Hall–Kier alpha value is -1.84. The maximum Gasteiger partial charge on any atom is 0.516 e. The number of hydrogen-bond acceptors (Lipinski definition) is 4. The van der Waals surface area contributed by atoms with Crippen LogP contribution in [0.25, 0.3) is 0 Å². The number of nitrogens with one attached hydrogen (secondary N) is 1. The Morgan fingerprint density at radius 3 is 2.47 bits per heavy atom. The standard InChI is InChI=1S/C7H5F3N2O4S/c8-7(9,10)17(15,16)12-4-1-2-11-5(3-4)6(13)14/h1-3H,(H,11,12)(H,13,14). The third kappa shape index (κ3) is 3.06. The number of halogens is 3. The van der Waals surface area contributed by atoms with Crippen LogP contribution in [0.2, 0.25) is 0 Å². The fourth-order valence-electron chi connectivity index (χ4n) is 0.824. The van der Waals surface area contributed by atoms with Gasteiger partial charge in [0.2, 0.25) is 0 Å². The molecule has 17 heavy (non-hydrogen) atoms. The van der Waals surface area contributed by atoms with Crippen molar-refractivity contribution < 1.29 is 31.5 Å². The van der Waals surface area contributed by atoms with Gasteiger partial charge in [-0.3, -0.25) is 4.72 Å². The van der Waals surface area contributed by atoms with Crippen LogP contribution in [0, 0.1) is 0 Å². The van der Waals surface area contributed by atoms with Crippen molar-refractivity contribution in [2.24, 2.45) is 0 Å². The molecule has 1 heterocycles. The van der Waals surface area contributed by atoms with Gasteiger partial charge in [-0.2, -0.15) is 21.6 Å². The molecular formula is C7H5F3N2O4S. The Bertz CT molecular complexity index is 540. The van der Waals surface area contributed by atoms with Gasteiger partial charge in [-0.1, -0.05) is 0 Å². The first-order valence-electron chi connectivity index (χ1n) is 3.92. The summed E-state index contributed by atoms with van der Waals surface area (Å²) in [6.45, 7) is 0. The predicted octanol–water partition coefficient (Wildman–Crippen LogP) is 1.04. The van der Waals surface area contributed by atoms with Crippen molar-refractivity contribution in [2.75, 3.05) is 4.72 Å². The molecular weight excluding hydrogens is 265 g/mol. The van der Waals surface area contributed by atoms with E-state index in [0.717, 1.165) is 12.3 Å². The monoisotopic (exact) mass is 270 g/mol.